The zero-order valence-electron chi connectivity index (χ0n) is 24.7. The van der Waals surface area contributed by atoms with Crippen LogP contribution in [0.1, 0.15) is 62.1 Å². The van der Waals surface area contributed by atoms with E-state index in [1.165, 1.54) is 4.90 Å². The van der Waals surface area contributed by atoms with Gasteiger partial charge in [0.25, 0.3) is 0 Å². The molecule has 2 aliphatic carbocycles. The number of benzene rings is 2. The van der Waals surface area contributed by atoms with Gasteiger partial charge in [-0.25, -0.2) is 14.8 Å². The van der Waals surface area contributed by atoms with Crippen LogP contribution in [-0.2, 0) is 20.9 Å². The lowest BCUT2D eigenvalue weighted by Gasteiger charge is -2.42. The molecule has 1 N–H and O–H groups in total. The van der Waals surface area contributed by atoms with Gasteiger partial charge < -0.3 is 14.7 Å². The van der Waals surface area contributed by atoms with E-state index >= 15 is 0 Å². The number of aliphatic hydroxyl groups is 1. The van der Waals surface area contributed by atoms with E-state index in [0.29, 0.717) is 17.0 Å². The number of hydrogen-bond acceptors (Lipinski definition) is 5. The van der Waals surface area contributed by atoms with Crippen molar-refractivity contribution in [2.45, 2.75) is 75.9 Å². The molecule has 2 aromatic carbocycles. The van der Waals surface area contributed by atoms with Gasteiger partial charge in [-0.3, -0.25) is 9.59 Å². The molecule has 1 spiro atoms. The van der Waals surface area contributed by atoms with Crippen LogP contribution in [0.2, 0.25) is 0 Å². The lowest BCUT2D eigenvalue weighted by molar-refractivity contribution is -0.210. The van der Waals surface area contributed by atoms with Crippen LogP contribution in [0.15, 0.2) is 60.7 Å². The summed E-state index contributed by atoms with van der Waals surface area (Å²) in [7, 11) is 0. The predicted molar refractivity (Wildman–Crippen MR) is 154 cm³/mol. The quantitative estimate of drug-likeness (QED) is 0.497. The molecule has 11 heteroatoms. The molecule has 8 nitrogen and oxygen atoms in total. The summed E-state index contributed by atoms with van der Waals surface area (Å²) in [6.07, 6.45) is -1.63. The van der Waals surface area contributed by atoms with E-state index in [2.05, 4.69) is 0 Å². The van der Waals surface area contributed by atoms with Crippen LogP contribution in [0.4, 0.5) is 18.0 Å². The maximum Gasteiger partial charge on any atom is 0.473 e. The Morgan fingerprint density at radius 3 is 2.48 bits per heavy atom. The number of alkyl halides is 3. The minimum absolute atomic E-state index is 0.00747. The summed E-state index contributed by atoms with van der Waals surface area (Å²) in [6.45, 7) is 3.48. The number of carbonyl (C=O) groups is 3. The van der Waals surface area contributed by atoms with E-state index in [1.54, 1.807) is 24.3 Å². The number of amides is 3. The highest BCUT2D eigenvalue weighted by Crippen LogP contribution is 2.73. The second-order valence-corrected chi connectivity index (χ2v) is 12.6. The number of hydrazine groups is 1. The molecule has 6 rings (SSSR count). The van der Waals surface area contributed by atoms with Crippen LogP contribution >= 0.6 is 0 Å². The molecule has 234 valence electrons. The number of carbonyl (C=O) groups excluding carboxylic acids is 3. The number of rotatable bonds is 5. The van der Waals surface area contributed by atoms with Gasteiger partial charge in [-0.2, -0.15) is 13.2 Å². The fourth-order valence-electron chi connectivity index (χ4n) is 7.70. The van der Waals surface area contributed by atoms with Crippen molar-refractivity contribution in [2.75, 3.05) is 13.1 Å². The molecule has 0 radical (unpaired) electrons. The Kier molecular flexibility index (Phi) is 7.50. The Morgan fingerprint density at radius 2 is 1.77 bits per heavy atom. The molecule has 0 aromatic heterocycles. The number of fused-ring (bicyclic) bond motifs is 2. The summed E-state index contributed by atoms with van der Waals surface area (Å²) in [4.78, 5) is 42.1. The molecule has 2 aliphatic heterocycles. The van der Waals surface area contributed by atoms with Gasteiger partial charge in [-0.15, -0.1) is 0 Å². The van der Waals surface area contributed by atoms with Crippen molar-refractivity contribution < 1.29 is 37.4 Å². The van der Waals surface area contributed by atoms with Crippen LogP contribution in [-0.4, -0.2) is 74.9 Å². The van der Waals surface area contributed by atoms with Gasteiger partial charge in [-0.1, -0.05) is 80.6 Å². The molecule has 1 saturated carbocycles. The van der Waals surface area contributed by atoms with E-state index < -0.39 is 59.6 Å². The van der Waals surface area contributed by atoms with Gasteiger partial charge in [0.15, 0.2) is 0 Å². The average molecular weight is 612 g/mol. The number of hydrogen-bond donors (Lipinski definition) is 1. The fraction of sp³-hybridized carbons (Fsp3) is 0.485. The van der Waals surface area contributed by atoms with Crippen molar-refractivity contribution >= 4 is 24.0 Å². The number of likely N-dealkylation sites (tertiary alicyclic amines) is 1. The first-order valence-corrected chi connectivity index (χ1v) is 15.1. The summed E-state index contributed by atoms with van der Waals surface area (Å²) >= 11 is 0. The zero-order valence-corrected chi connectivity index (χ0v) is 24.7. The molecule has 4 unspecified atom stereocenters. The van der Waals surface area contributed by atoms with Crippen LogP contribution in [0.5, 0.6) is 0 Å². The first-order valence-electron chi connectivity index (χ1n) is 15.1. The lowest BCUT2D eigenvalue weighted by Crippen LogP contribution is -2.61. The zero-order chi connectivity index (χ0) is 31.4. The molecular formula is C33H36F3N3O5. The van der Waals surface area contributed by atoms with E-state index in [-0.39, 0.29) is 38.3 Å². The van der Waals surface area contributed by atoms with Crippen molar-refractivity contribution in [3.8, 4) is 0 Å². The Balaban J connectivity index is 1.46. The smallest absolute Gasteiger partial charge is 0.445 e. The minimum atomic E-state index is -5.25. The summed E-state index contributed by atoms with van der Waals surface area (Å²) in [5, 5.41) is 14.2. The standard InChI is InChI=1S/C33H36F3N3O5/c1-21(2)14-15-27(40)39-26-13-8-18-37(30(42)44-20-22-9-4-3-5-10-22)28-31(32(26,28)43)17-16-23-11-6-7-12-24(23)25(31)19-38(39)29(41)33(34,35)36/h3-7,9-12,16-17,21,25-26,28,43H,8,13-15,18-20H2,1-2H3/t25-,26?,28?,31?,32?/m0/s1. The third kappa shape index (κ3) is 4.67. The SMILES string of the molecule is CC(C)CCC(=O)N1C2CCCN(C(=O)OCc3ccccc3)C3C2(O)C32C=Cc3ccccc3[C@@H]2CN1C(=O)C(F)(F)F. The first kappa shape index (κ1) is 30.2. The van der Waals surface area contributed by atoms with E-state index in [9.17, 15) is 32.7 Å². The lowest BCUT2D eigenvalue weighted by atomic mass is 9.73. The number of ether oxygens (including phenoxy) is 1. The second-order valence-electron chi connectivity index (χ2n) is 12.6. The van der Waals surface area contributed by atoms with Crippen molar-refractivity contribution in [1.29, 1.82) is 0 Å². The molecule has 0 bridgehead atoms. The summed E-state index contributed by atoms with van der Waals surface area (Å²) in [5.74, 6) is -3.56. The highest BCUT2D eigenvalue weighted by molar-refractivity contribution is 5.87. The fourth-order valence-corrected chi connectivity index (χ4v) is 7.70. The first-order chi connectivity index (χ1) is 20.9. The molecular weight excluding hydrogens is 575 g/mol. The average Bonchev–Trinajstić information content (AvgIpc) is 3.60. The van der Waals surface area contributed by atoms with E-state index in [1.807, 2.05) is 56.3 Å². The molecule has 2 saturated heterocycles. The van der Waals surface area contributed by atoms with Gasteiger partial charge >= 0.3 is 18.2 Å². The highest BCUT2D eigenvalue weighted by Gasteiger charge is 2.86. The summed E-state index contributed by atoms with van der Waals surface area (Å²) < 4.78 is 48.2. The molecule has 3 fully saturated rings. The molecule has 3 amide bonds. The van der Waals surface area contributed by atoms with Crippen molar-refractivity contribution in [1.82, 2.24) is 14.9 Å². The van der Waals surface area contributed by atoms with Crippen LogP contribution in [0.25, 0.3) is 6.08 Å². The molecule has 4 aliphatic rings. The van der Waals surface area contributed by atoms with Gasteiger partial charge in [0.1, 0.15) is 12.2 Å². The van der Waals surface area contributed by atoms with Gasteiger partial charge in [0.05, 0.1) is 24.0 Å². The summed E-state index contributed by atoms with van der Waals surface area (Å²) in [6, 6.07) is 14.2. The number of nitrogens with zero attached hydrogens (tertiary/aromatic N) is 3. The van der Waals surface area contributed by atoms with Crippen molar-refractivity contribution in [2.24, 2.45) is 11.3 Å². The van der Waals surface area contributed by atoms with Crippen LogP contribution in [0, 0.1) is 11.3 Å². The third-order valence-corrected chi connectivity index (χ3v) is 9.68. The Morgan fingerprint density at radius 1 is 1.07 bits per heavy atom. The Hall–Kier alpha value is -3.86. The predicted octanol–water partition coefficient (Wildman–Crippen LogP) is 5.28. The Labute approximate surface area is 254 Å². The normalized spacial score (nSPS) is 28.8. The largest absolute Gasteiger partial charge is 0.473 e. The molecule has 44 heavy (non-hydrogen) atoms. The topological polar surface area (TPSA) is 90.4 Å². The van der Waals surface area contributed by atoms with Gasteiger partial charge in [0.2, 0.25) is 5.91 Å². The monoisotopic (exact) mass is 611 g/mol. The van der Waals surface area contributed by atoms with Crippen molar-refractivity contribution in [3.05, 3.63) is 77.4 Å². The maximum atomic E-state index is 14.2. The second kappa shape index (κ2) is 10.9. The van der Waals surface area contributed by atoms with E-state index in [4.69, 9.17) is 4.74 Å². The van der Waals surface area contributed by atoms with Crippen LogP contribution in [0.3, 0.4) is 0 Å². The molecule has 2 aromatic rings. The number of halogens is 3. The van der Waals surface area contributed by atoms with Gasteiger partial charge in [0, 0.05) is 18.9 Å². The Bertz CT molecular complexity index is 1480. The highest BCUT2D eigenvalue weighted by atomic mass is 19.4. The summed E-state index contributed by atoms with van der Waals surface area (Å²) in [5.41, 5.74) is -0.928. The van der Waals surface area contributed by atoms with Crippen LogP contribution < -0.4 is 0 Å². The van der Waals surface area contributed by atoms with E-state index in [0.717, 1.165) is 16.1 Å². The molecule has 2 heterocycles. The maximum absolute atomic E-state index is 14.2. The van der Waals surface area contributed by atoms with Gasteiger partial charge in [-0.05, 0) is 41.9 Å². The third-order valence-electron chi connectivity index (χ3n) is 9.68. The van der Waals surface area contributed by atoms with Crippen molar-refractivity contribution in [3.63, 3.8) is 0 Å². The molecule has 5 atom stereocenters. The minimum Gasteiger partial charge on any atom is -0.445 e.